The maximum absolute atomic E-state index is 12.3. The van der Waals surface area contributed by atoms with E-state index in [1.807, 2.05) is 19.2 Å². The highest BCUT2D eigenvalue weighted by Crippen LogP contribution is 2.30. The second-order valence-corrected chi connectivity index (χ2v) is 6.70. The lowest BCUT2D eigenvalue weighted by Gasteiger charge is -2.30. The van der Waals surface area contributed by atoms with E-state index in [1.54, 1.807) is 17.0 Å². The van der Waals surface area contributed by atoms with Crippen molar-refractivity contribution in [3.63, 3.8) is 0 Å². The average Bonchev–Trinajstić information content (AvgIpc) is 2.99. The number of thioether (sulfide) groups is 1. The molecule has 0 radical (unpaired) electrons. The van der Waals surface area contributed by atoms with Gasteiger partial charge in [-0.05, 0) is 18.2 Å². The number of anilines is 2. The Labute approximate surface area is 149 Å². The smallest absolute Gasteiger partial charge is 0.234 e. The summed E-state index contributed by atoms with van der Waals surface area (Å²) in [6.07, 6.45) is 1.60. The molecule has 2 heterocycles. The van der Waals surface area contributed by atoms with Gasteiger partial charge in [-0.3, -0.25) is 4.79 Å². The molecule has 0 spiro atoms. The van der Waals surface area contributed by atoms with Gasteiger partial charge in [0.25, 0.3) is 0 Å². The van der Waals surface area contributed by atoms with Crippen LogP contribution >= 0.6 is 23.4 Å². The zero-order chi connectivity index (χ0) is 16.9. The van der Waals surface area contributed by atoms with Crippen LogP contribution in [-0.4, -0.2) is 52.7 Å². The van der Waals surface area contributed by atoms with Crippen molar-refractivity contribution in [3.05, 3.63) is 29.5 Å². The quantitative estimate of drug-likeness (QED) is 0.815. The molecule has 3 rings (SSSR count). The largest absolute Gasteiger partial charge is 0.378 e. The van der Waals surface area contributed by atoms with Crippen LogP contribution in [0.3, 0.4) is 0 Å². The Morgan fingerprint density at radius 1 is 1.42 bits per heavy atom. The molecular weight excluding hydrogens is 350 g/mol. The van der Waals surface area contributed by atoms with Crippen LogP contribution in [-0.2, 0) is 16.6 Å². The van der Waals surface area contributed by atoms with Gasteiger partial charge in [0.05, 0.1) is 30.3 Å². The molecule has 1 fully saturated rings. The Morgan fingerprint density at radius 3 is 2.92 bits per heavy atom. The molecule has 0 unspecified atom stereocenters. The van der Waals surface area contributed by atoms with Crippen LogP contribution in [0.2, 0.25) is 5.02 Å². The van der Waals surface area contributed by atoms with E-state index in [0.717, 1.165) is 18.8 Å². The van der Waals surface area contributed by atoms with Crippen molar-refractivity contribution in [1.82, 2.24) is 14.8 Å². The van der Waals surface area contributed by atoms with Gasteiger partial charge in [-0.15, -0.1) is 10.2 Å². The van der Waals surface area contributed by atoms with E-state index in [-0.39, 0.29) is 11.7 Å². The zero-order valence-electron chi connectivity index (χ0n) is 13.2. The monoisotopic (exact) mass is 367 g/mol. The Balaban J connectivity index is 1.67. The third-order valence-corrected chi connectivity index (χ3v) is 4.86. The first-order valence-corrected chi connectivity index (χ1v) is 8.89. The Bertz CT molecular complexity index is 718. The Morgan fingerprint density at radius 2 is 2.21 bits per heavy atom. The lowest BCUT2D eigenvalue weighted by molar-refractivity contribution is -0.113. The zero-order valence-corrected chi connectivity index (χ0v) is 14.8. The average molecular weight is 368 g/mol. The van der Waals surface area contributed by atoms with Crippen molar-refractivity contribution in [1.29, 1.82) is 0 Å². The highest BCUT2D eigenvalue weighted by molar-refractivity contribution is 7.99. The molecule has 2 aromatic rings. The number of nitrogens with one attached hydrogen (secondary N) is 1. The number of carbonyl (C=O) groups excluding carboxylic acids is 1. The van der Waals surface area contributed by atoms with Crippen LogP contribution in [0, 0.1) is 0 Å². The molecule has 1 amide bonds. The van der Waals surface area contributed by atoms with Crippen molar-refractivity contribution >= 4 is 40.6 Å². The Kier molecular flexibility index (Phi) is 5.60. The lowest BCUT2D eigenvalue weighted by atomic mass is 10.2. The number of amides is 1. The molecule has 0 saturated carbocycles. The second kappa shape index (κ2) is 7.87. The summed E-state index contributed by atoms with van der Waals surface area (Å²) in [5.74, 6) is 0.140. The normalized spacial score (nSPS) is 14.7. The number of hydrogen-bond acceptors (Lipinski definition) is 6. The van der Waals surface area contributed by atoms with E-state index < -0.39 is 0 Å². The standard InChI is InChI=1S/C15H18ClN5O2S/c1-20-10-17-19-15(20)24-9-14(22)18-12-8-11(16)2-3-13(12)21-4-6-23-7-5-21/h2-3,8,10H,4-7,9H2,1H3,(H,18,22). The summed E-state index contributed by atoms with van der Waals surface area (Å²) in [4.78, 5) is 14.5. The minimum Gasteiger partial charge on any atom is -0.378 e. The topological polar surface area (TPSA) is 72.3 Å². The number of aromatic nitrogens is 3. The van der Waals surface area contributed by atoms with Crippen molar-refractivity contribution in [2.24, 2.45) is 7.05 Å². The fourth-order valence-corrected chi connectivity index (χ4v) is 3.27. The highest BCUT2D eigenvalue weighted by Gasteiger charge is 2.17. The molecule has 1 aromatic carbocycles. The van der Waals surface area contributed by atoms with Crippen molar-refractivity contribution in [2.75, 3.05) is 42.3 Å². The van der Waals surface area contributed by atoms with Gasteiger partial charge < -0.3 is 19.5 Å². The van der Waals surface area contributed by atoms with Crippen molar-refractivity contribution in [2.45, 2.75) is 5.16 Å². The number of benzene rings is 1. The van der Waals surface area contributed by atoms with Crippen LogP contribution in [0.4, 0.5) is 11.4 Å². The number of hydrogen-bond donors (Lipinski definition) is 1. The van der Waals surface area contributed by atoms with E-state index in [1.165, 1.54) is 11.8 Å². The number of nitrogens with zero attached hydrogens (tertiary/aromatic N) is 4. The van der Waals surface area contributed by atoms with Gasteiger partial charge in [-0.25, -0.2) is 0 Å². The summed E-state index contributed by atoms with van der Waals surface area (Å²) >= 11 is 7.43. The molecular formula is C15H18ClN5O2S. The predicted octanol–water partition coefficient (Wildman–Crippen LogP) is 2.04. The summed E-state index contributed by atoms with van der Waals surface area (Å²) in [5, 5.41) is 12.0. The molecule has 0 aliphatic carbocycles. The van der Waals surface area contributed by atoms with E-state index in [2.05, 4.69) is 20.4 Å². The molecule has 1 aliphatic heterocycles. The molecule has 0 atom stereocenters. The first kappa shape index (κ1) is 17.1. The minimum absolute atomic E-state index is 0.111. The molecule has 128 valence electrons. The number of halogens is 1. The summed E-state index contributed by atoms with van der Waals surface area (Å²) in [6, 6.07) is 5.53. The van der Waals surface area contributed by atoms with Gasteiger partial charge in [0, 0.05) is 25.2 Å². The van der Waals surface area contributed by atoms with Gasteiger partial charge in [0.2, 0.25) is 5.91 Å². The van der Waals surface area contributed by atoms with E-state index in [4.69, 9.17) is 16.3 Å². The maximum Gasteiger partial charge on any atom is 0.234 e. The van der Waals surface area contributed by atoms with Crippen LogP contribution in [0.5, 0.6) is 0 Å². The molecule has 24 heavy (non-hydrogen) atoms. The van der Waals surface area contributed by atoms with Gasteiger partial charge in [0.15, 0.2) is 5.16 Å². The van der Waals surface area contributed by atoms with Gasteiger partial charge in [-0.2, -0.15) is 0 Å². The van der Waals surface area contributed by atoms with Gasteiger partial charge in [0.1, 0.15) is 6.33 Å². The number of ether oxygens (including phenoxy) is 1. The second-order valence-electron chi connectivity index (χ2n) is 5.32. The Hall–Kier alpha value is -1.77. The molecule has 1 aliphatic rings. The maximum atomic E-state index is 12.3. The molecule has 9 heteroatoms. The third kappa shape index (κ3) is 4.19. The molecule has 0 bridgehead atoms. The first-order valence-electron chi connectivity index (χ1n) is 7.52. The molecule has 7 nitrogen and oxygen atoms in total. The molecule has 1 N–H and O–H groups in total. The first-order chi connectivity index (χ1) is 11.6. The number of rotatable bonds is 5. The molecule has 1 saturated heterocycles. The number of carbonyl (C=O) groups is 1. The third-order valence-electron chi connectivity index (χ3n) is 3.59. The fraction of sp³-hybridized carbons (Fsp3) is 0.400. The summed E-state index contributed by atoms with van der Waals surface area (Å²) in [7, 11) is 1.84. The van der Waals surface area contributed by atoms with Crippen LogP contribution < -0.4 is 10.2 Å². The van der Waals surface area contributed by atoms with Crippen molar-refractivity contribution in [3.8, 4) is 0 Å². The summed E-state index contributed by atoms with van der Waals surface area (Å²) < 4.78 is 7.16. The van der Waals surface area contributed by atoms with E-state index in [0.29, 0.717) is 29.1 Å². The van der Waals surface area contributed by atoms with Crippen LogP contribution in [0.25, 0.3) is 0 Å². The lowest BCUT2D eigenvalue weighted by Crippen LogP contribution is -2.36. The number of aryl methyl sites for hydroxylation is 1. The van der Waals surface area contributed by atoms with Gasteiger partial charge in [-0.1, -0.05) is 23.4 Å². The molecule has 1 aromatic heterocycles. The highest BCUT2D eigenvalue weighted by atomic mass is 35.5. The van der Waals surface area contributed by atoms with Gasteiger partial charge >= 0.3 is 0 Å². The predicted molar refractivity (Wildman–Crippen MR) is 94.8 cm³/mol. The van der Waals surface area contributed by atoms with E-state index >= 15 is 0 Å². The minimum atomic E-state index is -0.111. The van der Waals surface area contributed by atoms with E-state index in [9.17, 15) is 4.79 Å². The van der Waals surface area contributed by atoms with Crippen LogP contribution in [0.15, 0.2) is 29.7 Å². The fourth-order valence-electron chi connectivity index (χ4n) is 2.41. The van der Waals surface area contributed by atoms with Crippen LogP contribution in [0.1, 0.15) is 0 Å². The number of morpholine rings is 1. The SMILES string of the molecule is Cn1cnnc1SCC(=O)Nc1cc(Cl)ccc1N1CCOCC1. The van der Waals surface area contributed by atoms with Crippen molar-refractivity contribution < 1.29 is 9.53 Å². The summed E-state index contributed by atoms with van der Waals surface area (Å²) in [5.41, 5.74) is 1.67. The summed E-state index contributed by atoms with van der Waals surface area (Å²) in [6.45, 7) is 2.94.